The summed E-state index contributed by atoms with van der Waals surface area (Å²) in [4.78, 5) is 54.2. The van der Waals surface area contributed by atoms with E-state index in [1.807, 2.05) is 49.6 Å². The van der Waals surface area contributed by atoms with Crippen molar-refractivity contribution in [2.24, 2.45) is 0 Å². The Kier molecular flexibility index (Phi) is 13.3. The summed E-state index contributed by atoms with van der Waals surface area (Å²) < 4.78 is 5.36. The summed E-state index contributed by atoms with van der Waals surface area (Å²) in [5, 5.41) is 11.0. The van der Waals surface area contributed by atoms with Crippen molar-refractivity contribution in [2.75, 3.05) is 17.2 Å². The molecule has 0 aliphatic heterocycles. The van der Waals surface area contributed by atoms with E-state index in [-0.39, 0.29) is 18.2 Å². The lowest BCUT2D eigenvalue weighted by Gasteiger charge is -2.16. The number of amides is 3. The number of halogens is 2. The van der Waals surface area contributed by atoms with Crippen molar-refractivity contribution in [3.63, 3.8) is 0 Å². The first-order valence-electron chi connectivity index (χ1n) is 16.3. The summed E-state index contributed by atoms with van der Waals surface area (Å²) in [6.45, 7) is 5.82. The number of thiophene rings is 1. The number of carbonyl (C=O) groups is 4. The number of anilines is 2. The van der Waals surface area contributed by atoms with Gasteiger partial charge in [0.1, 0.15) is 16.3 Å². The third-order valence-electron chi connectivity index (χ3n) is 7.69. The maximum atomic E-state index is 13.7. The zero-order chi connectivity index (χ0) is 37.2. The number of rotatable bonds is 13. The van der Waals surface area contributed by atoms with Crippen molar-refractivity contribution in [3.8, 4) is 11.1 Å². The molecule has 8 nitrogen and oxygen atoms in total. The molecule has 0 saturated carbocycles. The number of nitrogens with one attached hydrogen (secondary N) is 3. The Morgan fingerprint density at radius 1 is 0.885 bits per heavy atom. The van der Waals surface area contributed by atoms with Crippen LogP contribution in [0.15, 0.2) is 113 Å². The molecule has 3 amide bonds. The highest BCUT2D eigenvalue weighted by molar-refractivity contribution is 8.00. The van der Waals surface area contributed by atoms with Gasteiger partial charge in [0, 0.05) is 37.1 Å². The van der Waals surface area contributed by atoms with Gasteiger partial charge in [0.05, 0.1) is 11.9 Å². The molecule has 5 aromatic rings. The number of benzene rings is 4. The molecule has 3 N–H and O–H groups in total. The van der Waals surface area contributed by atoms with Gasteiger partial charge in [0.15, 0.2) is 0 Å². The van der Waals surface area contributed by atoms with E-state index in [9.17, 15) is 19.2 Å². The number of aryl methyl sites for hydroxylation is 1. The van der Waals surface area contributed by atoms with Crippen molar-refractivity contribution in [3.05, 3.63) is 140 Å². The highest BCUT2D eigenvalue weighted by Crippen LogP contribution is 2.37. The van der Waals surface area contributed by atoms with Gasteiger partial charge in [-0.05, 0) is 79.9 Å². The predicted molar refractivity (Wildman–Crippen MR) is 212 cm³/mol. The quantitative estimate of drug-likeness (QED) is 0.0624. The number of ether oxygens (including phenoxy) is 1. The molecule has 266 valence electrons. The van der Waals surface area contributed by atoms with Gasteiger partial charge >= 0.3 is 5.97 Å². The van der Waals surface area contributed by atoms with Gasteiger partial charge in [-0.2, -0.15) is 0 Å². The van der Waals surface area contributed by atoms with Gasteiger partial charge in [-0.1, -0.05) is 90.3 Å². The van der Waals surface area contributed by atoms with E-state index in [0.717, 1.165) is 16.0 Å². The van der Waals surface area contributed by atoms with E-state index in [4.69, 9.17) is 27.9 Å². The van der Waals surface area contributed by atoms with Gasteiger partial charge in [-0.3, -0.25) is 14.4 Å². The average molecular weight is 773 g/mol. The van der Waals surface area contributed by atoms with Gasteiger partial charge in [-0.15, -0.1) is 23.1 Å². The molecule has 5 rings (SSSR count). The smallest absolute Gasteiger partial charge is 0.341 e. The van der Waals surface area contributed by atoms with Crippen molar-refractivity contribution in [2.45, 2.75) is 37.3 Å². The molecule has 4 aromatic carbocycles. The van der Waals surface area contributed by atoms with Crippen LogP contribution in [0.1, 0.15) is 52.1 Å². The zero-order valence-corrected chi connectivity index (χ0v) is 31.6. The molecule has 0 aliphatic carbocycles. The summed E-state index contributed by atoms with van der Waals surface area (Å²) in [5.74, 6) is -1.85. The molecular weight excluding hydrogens is 737 g/mol. The summed E-state index contributed by atoms with van der Waals surface area (Å²) in [5.41, 5.74) is 4.19. The first-order chi connectivity index (χ1) is 25.1. The van der Waals surface area contributed by atoms with Crippen LogP contribution in [0.4, 0.5) is 10.7 Å². The normalized spacial score (nSPS) is 11.8. The fraction of sp³-hybridized carbons (Fsp3) is 0.150. The van der Waals surface area contributed by atoms with Crippen LogP contribution >= 0.6 is 46.3 Å². The standard InChI is InChI=1S/C40H35Cl2N3O5S2/c1-4-34(38(48)45-39-35(40(49)50-5-2)31(23-51-39)25-16-14-24(3)15-17-25)52-30-13-9-12-29(22-30)43-37(47)33(20-27-18-19-28(41)21-32(27)42)44-36(46)26-10-7-6-8-11-26/h6-23,34H,4-5H2,1-3H3,(H,43,47)(H,44,46)(H,45,48)/b33-20+. The lowest BCUT2D eigenvalue weighted by atomic mass is 10.0. The second kappa shape index (κ2) is 18.1. The SMILES string of the molecule is CCOC(=O)c1c(-c2ccc(C)cc2)csc1NC(=O)C(CC)Sc1cccc(NC(=O)/C(=C\c2ccc(Cl)cc2Cl)NC(=O)c2ccccc2)c1. The molecule has 12 heteroatoms. The second-order valence-corrected chi connectivity index (χ2v) is 14.5. The Balaban J connectivity index is 1.34. The van der Waals surface area contributed by atoms with Crippen molar-refractivity contribution < 1.29 is 23.9 Å². The summed E-state index contributed by atoms with van der Waals surface area (Å²) in [6.07, 6.45) is 1.96. The van der Waals surface area contributed by atoms with Crippen LogP contribution in [0.25, 0.3) is 17.2 Å². The molecule has 1 unspecified atom stereocenters. The monoisotopic (exact) mass is 771 g/mol. The molecule has 1 heterocycles. The van der Waals surface area contributed by atoms with E-state index in [1.54, 1.807) is 73.7 Å². The maximum absolute atomic E-state index is 13.7. The number of thioether (sulfide) groups is 1. The Morgan fingerprint density at radius 2 is 1.63 bits per heavy atom. The maximum Gasteiger partial charge on any atom is 0.341 e. The van der Waals surface area contributed by atoms with E-state index >= 15 is 0 Å². The third kappa shape index (κ3) is 9.92. The van der Waals surface area contributed by atoms with Crippen LogP contribution in [-0.2, 0) is 14.3 Å². The van der Waals surface area contributed by atoms with Gasteiger partial charge in [0.2, 0.25) is 5.91 Å². The first kappa shape index (κ1) is 38.4. The largest absolute Gasteiger partial charge is 0.462 e. The minimum atomic E-state index is -0.587. The minimum Gasteiger partial charge on any atom is -0.462 e. The Bertz CT molecular complexity index is 2120. The van der Waals surface area contributed by atoms with E-state index < -0.39 is 23.0 Å². The lowest BCUT2D eigenvalue weighted by molar-refractivity contribution is -0.116. The van der Waals surface area contributed by atoms with E-state index in [1.165, 1.54) is 29.2 Å². The molecule has 0 saturated heterocycles. The fourth-order valence-corrected chi connectivity index (χ4v) is 7.48. The van der Waals surface area contributed by atoms with Crippen molar-refractivity contribution >= 4 is 86.8 Å². The molecule has 0 radical (unpaired) electrons. The van der Waals surface area contributed by atoms with Crippen molar-refractivity contribution in [1.82, 2.24) is 5.32 Å². The number of esters is 1. The highest BCUT2D eigenvalue weighted by atomic mass is 35.5. The number of carbonyl (C=O) groups excluding carboxylic acids is 4. The van der Waals surface area contributed by atoms with Crippen LogP contribution < -0.4 is 16.0 Å². The van der Waals surface area contributed by atoms with E-state index in [0.29, 0.717) is 49.4 Å². The topological polar surface area (TPSA) is 114 Å². The molecule has 0 spiro atoms. The van der Waals surface area contributed by atoms with Crippen LogP contribution in [0, 0.1) is 6.92 Å². The van der Waals surface area contributed by atoms with Crippen LogP contribution in [0.5, 0.6) is 0 Å². The Labute approximate surface area is 320 Å². The first-order valence-corrected chi connectivity index (χ1v) is 18.9. The molecule has 52 heavy (non-hydrogen) atoms. The fourth-order valence-electron chi connectivity index (χ4n) is 5.04. The highest BCUT2D eigenvalue weighted by Gasteiger charge is 2.26. The number of hydrogen-bond acceptors (Lipinski definition) is 7. The lowest BCUT2D eigenvalue weighted by Crippen LogP contribution is -2.30. The van der Waals surface area contributed by atoms with Crippen LogP contribution in [0.2, 0.25) is 10.0 Å². The minimum absolute atomic E-state index is 0.0414. The zero-order valence-electron chi connectivity index (χ0n) is 28.5. The molecule has 1 aromatic heterocycles. The van der Waals surface area contributed by atoms with Gasteiger partial charge in [-0.25, -0.2) is 4.79 Å². The molecule has 1 atom stereocenters. The Hall–Kier alpha value is -4.87. The predicted octanol–water partition coefficient (Wildman–Crippen LogP) is 10.1. The Morgan fingerprint density at radius 3 is 2.33 bits per heavy atom. The van der Waals surface area contributed by atoms with E-state index in [2.05, 4.69) is 16.0 Å². The summed E-state index contributed by atoms with van der Waals surface area (Å²) in [6, 6.07) is 28.2. The van der Waals surface area contributed by atoms with Crippen LogP contribution in [0.3, 0.4) is 0 Å². The summed E-state index contributed by atoms with van der Waals surface area (Å²) >= 11 is 15.1. The van der Waals surface area contributed by atoms with Crippen LogP contribution in [-0.4, -0.2) is 35.5 Å². The second-order valence-electron chi connectivity index (χ2n) is 11.5. The number of hydrogen-bond donors (Lipinski definition) is 3. The summed E-state index contributed by atoms with van der Waals surface area (Å²) in [7, 11) is 0. The molecular formula is C40H35Cl2N3O5S2. The van der Waals surface area contributed by atoms with Crippen molar-refractivity contribution in [1.29, 1.82) is 0 Å². The molecule has 0 bridgehead atoms. The molecule has 0 aliphatic rings. The van der Waals surface area contributed by atoms with Gasteiger partial charge in [0.25, 0.3) is 11.8 Å². The average Bonchev–Trinajstić information content (AvgIpc) is 3.55. The molecule has 0 fully saturated rings. The third-order valence-corrected chi connectivity index (χ3v) is 10.5. The van der Waals surface area contributed by atoms with Gasteiger partial charge < -0.3 is 20.7 Å².